The molecule has 2 unspecified atom stereocenters. The Bertz CT molecular complexity index is 337. The van der Waals surface area contributed by atoms with Crippen molar-refractivity contribution in [2.75, 3.05) is 0 Å². The lowest BCUT2D eigenvalue weighted by Crippen LogP contribution is -2.24. The average molecular weight is 191 g/mol. The van der Waals surface area contributed by atoms with Gasteiger partial charge in [-0.05, 0) is 42.9 Å². The smallest absolute Gasteiger partial charge is 0.115 e. The van der Waals surface area contributed by atoms with Gasteiger partial charge in [0.2, 0.25) is 0 Å². The van der Waals surface area contributed by atoms with Gasteiger partial charge in [0.05, 0.1) is 0 Å². The van der Waals surface area contributed by atoms with Crippen LogP contribution in [0.5, 0.6) is 5.75 Å². The fraction of sp³-hybridized carbons (Fsp3) is 0.500. The van der Waals surface area contributed by atoms with Crippen LogP contribution >= 0.6 is 0 Å². The summed E-state index contributed by atoms with van der Waals surface area (Å²) in [6, 6.07) is 7.43. The molecule has 0 spiro atoms. The summed E-state index contributed by atoms with van der Waals surface area (Å²) >= 11 is 0. The molecule has 2 atom stereocenters. The Morgan fingerprint density at radius 1 is 1.57 bits per heavy atom. The molecule has 2 nitrogen and oxygen atoms in total. The van der Waals surface area contributed by atoms with Crippen molar-refractivity contribution >= 4 is 0 Å². The summed E-state index contributed by atoms with van der Waals surface area (Å²) in [5.74, 6) is 1.01. The number of phenolic OH excluding ortho intramolecular Hbond substituents is 1. The van der Waals surface area contributed by atoms with Crippen molar-refractivity contribution < 1.29 is 5.11 Å². The van der Waals surface area contributed by atoms with Crippen LogP contribution in [0.3, 0.4) is 0 Å². The van der Waals surface area contributed by atoms with E-state index < -0.39 is 0 Å². The van der Waals surface area contributed by atoms with E-state index in [9.17, 15) is 5.11 Å². The Kier molecular flexibility index (Phi) is 2.23. The first-order chi connectivity index (χ1) is 6.60. The van der Waals surface area contributed by atoms with Gasteiger partial charge in [0.15, 0.2) is 0 Å². The molecule has 1 fully saturated rings. The van der Waals surface area contributed by atoms with Crippen molar-refractivity contribution in [3.05, 3.63) is 29.8 Å². The van der Waals surface area contributed by atoms with Gasteiger partial charge in [-0.15, -0.1) is 0 Å². The minimum Gasteiger partial charge on any atom is -0.508 e. The highest BCUT2D eigenvalue weighted by atomic mass is 16.3. The highest BCUT2D eigenvalue weighted by molar-refractivity contribution is 5.27. The monoisotopic (exact) mass is 191 g/mol. The number of benzene rings is 1. The van der Waals surface area contributed by atoms with Crippen molar-refractivity contribution in [3.8, 4) is 5.75 Å². The van der Waals surface area contributed by atoms with Crippen LogP contribution in [0.4, 0.5) is 0 Å². The van der Waals surface area contributed by atoms with E-state index in [1.807, 2.05) is 18.2 Å². The molecular formula is C12H17NO. The number of aromatic hydroxyl groups is 1. The normalized spacial score (nSPS) is 30.3. The summed E-state index contributed by atoms with van der Waals surface area (Å²) in [7, 11) is 0. The summed E-state index contributed by atoms with van der Waals surface area (Å²) in [4.78, 5) is 0. The number of hydrogen-bond acceptors (Lipinski definition) is 2. The molecule has 0 aliphatic heterocycles. The van der Waals surface area contributed by atoms with E-state index in [2.05, 4.69) is 6.92 Å². The summed E-state index contributed by atoms with van der Waals surface area (Å²) in [6.07, 6.45) is 3.14. The number of nitrogens with two attached hydrogens (primary N) is 1. The molecule has 0 radical (unpaired) electrons. The topological polar surface area (TPSA) is 46.2 Å². The molecule has 0 amide bonds. The Morgan fingerprint density at radius 3 is 2.86 bits per heavy atom. The molecule has 76 valence electrons. The zero-order valence-electron chi connectivity index (χ0n) is 8.53. The predicted octanol–water partition coefficient (Wildman–Crippen LogP) is 2.06. The van der Waals surface area contributed by atoms with Crippen molar-refractivity contribution in [1.29, 1.82) is 0 Å². The van der Waals surface area contributed by atoms with Gasteiger partial charge >= 0.3 is 0 Å². The molecule has 2 heteroatoms. The van der Waals surface area contributed by atoms with E-state index in [0.29, 0.717) is 11.7 Å². The third kappa shape index (κ3) is 1.90. The van der Waals surface area contributed by atoms with E-state index >= 15 is 0 Å². The SMILES string of the molecule is CC1CC1(N)CCc1cccc(O)c1. The zero-order valence-corrected chi connectivity index (χ0v) is 8.53. The van der Waals surface area contributed by atoms with E-state index in [1.165, 1.54) is 5.56 Å². The number of phenols is 1. The molecule has 2 rings (SSSR count). The molecule has 1 saturated carbocycles. The van der Waals surface area contributed by atoms with Gasteiger partial charge in [-0.3, -0.25) is 0 Å². The number of aryl methyl sites for hydroxylation is 1. The Labute approximate surface area is 84.7 Å². The minimum atomic E-state index is 0.0749. The van der Waals surface area contributed by atoms with E-state index in [-0.39, 0.29) is 5.54 Å². The molecule has 0 bridgehead atoms. The Morgan fingerprint density at radius 2 is 2.29 bits per heavy atom. The molecule has 1 aromatic carbocycles. The van der Waals surface area contributed by atoms with E-state index in [1.54, 1.807) is 6.07 Å². The molecule has 14 heavy (non-hydrogen) atoms. The lowest BCUT2D eigenvalue weighted by atomic mass is 10.0. The third-order valence-electron chi connectivity index (χ3n) is 3.30. The van der Waals surface area contributed by atoms with Gasteiger partial charge in [0.25, 0.3) is 0 Å². The van der Waals surface area contributed by atoms with Gasteiger partial charge in [0, 0.05) is 5.54 Å². The van der Waals surface area contributed by atoms with Crippen molar-refractivity contribution in [1.82, 2.24) is 0 Å². The van der Waals surface area contributed by atoms with Crippen LogP contribution in [-0.2, 0) is 6.42 Å². The summed E-state index contributed by atoms with van der Waals surface area (Å²) in [5.41, 5.74) is 7.36. The standard InChI is InChI=1S/C12H17NO/c1-9-8-12(9,13)6-5-10-3-2-4-11(14)7-10/h2-4,7,9,14H,5-6,8,13H2,1H3. The maximum absolute atomic E-state index is 9.28. The van der Waals surface area contributed by atoms with Gasteiger partial charge in [0.1, 0.15) is 5.75 Å². The van der Waals surface area contributed by atoms with Crippen LogP contribution in [-0.4, -0.2) is 10.6 Å². The Hall–Kier alpha value is -1.02. The lowest BCUT2D eigenvalue weighted by molar-refractivity contribution is 0.474. The van der Waals surface area contributed by atoms with Crippen molar-refractivity contribution in [2.45, 2.75) is 31.7 Å². The predicted molar refractivity (Wildman–Crippen MR) is 57.1 cm³/mol. The molecule has 0 heterocycles. The molecular weight excluding hydrogens is 174 g/mol. The summed E-state index contributed by atoms with van der Waals surface area (Å²) < 4.78 is 0. The summed E-state index contributed by atoms with van der Waals surface area (Å²) in [6.45, 7) is 2.20. The fourth-order valence-corrected chi connectivity index (χ4v) is 1.95. The number of rotatable bonds is 3. The fourth-order valence-electron chi connectivity index (χ4n) is 1.95. The molecule has 3 N–H and O–H groups in total. The highest BCUT2D eigenvalue weighted by Crippen LogP contribution is 2.43. The second-order valence-electron chi connectivity index (χ2n) is 4.51. The van der Waals surface area contributed by atoms with Crippen LogP contribution in [0.25, 0.3) is 0 Å². The van der Waals surface area contributed by atoms with E-state index in [0.717, 1.165) is 19.3 Å². The van der Waals surface area contributed by atoms with Crippen LogP contribution in [0.2, 0.25) is 0 Å². The first kappa shape index (κ1) is 9.53. The first-order valence-electron chi connectivity index (χ1n) is 5.17. The first-order valence-corrected chi connectivity index (χ1v) is 5.17. The van der Waals surface area contributed by atoms with Crippen LogP contribution < -0.4 is 5.73 Å². The largest absolute Gasteiger partial charge is 0.508 e. The average Bonchev–Trinajstić information content (AvgIpc) is 2.72. The maximum atomic E-state index is 9.28. The van der Waals surface area contributed by atoms with Gasteiger partial charge in [-0.2, -0.15) is 0 Å². The zero-order chi connectivity index (χ0) is 10.2. The van der Waals surface area contributed by atoms with Crippen molar-refractivity contribution in [3.63, 3.8) is 0 Å². The van der Waals surface area contributed by atoms with Crippen LogP contribution in [0, 0.1) is 5.92 Å². The quantitative estimate of drug-likeness (QED) is 0.768. The second-order valence-corrected chi connectivity index (χ2v) is 4.51. The minimum absolute atomic E-state index is 0.0749. The summed E-state index contributed by atoms with van der Waals surface area (Å²) in [5, 5.41) is 9.28. The third-order valence-corrected chi connectivity index (χ3v) is 3.30. The highest BCUT2D eigenvalue weighted by Gasteiger charge is 2.46. The lowest BCUT2D eigenvalue weighted by Gasteiger charge is -2.09. The maximum Gasteiger partial charge on any atom is 0.115 e. The van der Waals surface area contributed by atoms with Gasteiger partial charge < -0.3 is 10.8 Å². The Balaban J connectivity index is 1.92. The van der Waals surface area contributed by atoms with Crippen molar-refractivity contribution in [2.24, 2.45) is 11.7 Å². The molecule has 1 aliphatic carbocycles. The van der Waals surface area contributed by atoms with Gasteiger partial charge in [-0.1, -0.05) is 19.1 Å². The molecule has 1 aliphatic rings. The van der Waals surface area contributed by atoms with E-state index in [4.69, 9.17) is 5.73 Å². The second kappa shape index (κ2) is 3.28. The molecule has 1 aromatic rings. The van der Waals surface area contributed by atoms with Gasteiger partial charge in [-0.25, -0.2) is 0 Å². The van der Waals surface area contributed by atoms with Crippen LogP contribution in [0.1, 0.15) is 25.3 Å². The number of hydrogen-bond donors (Lipinski definition) is 2. The van der Waals surface area contributed by atoms with Crippen LogP contribution in [0.15, 0.2) is 24.3 Å². The molecule has 0 aromatic heterocycles. The molecule has 0 saturated heterocycles.